The predicted octanol–water partition coefficient (Wildman–Crippen LogP) is 0.227. The van der Waals surface area contributed by atoms with Gasteiger partial charge in [-0.15, -0.1) is 0 Å². The van der Waals surface area contributed by atoms with Crippen molar-refractivity contribution in [1.82, 2.24) is 15.1 Å². The van der Waals surface area contributed by atoms with E-state index in [1.807, 2.05) is 20.2 Å². The Bertz CT molecular complexity index is 244. The summed E-state index contributed by atoms with van der Waals surface area (Å²) in [7, 11) is 1.84. The lowest BCUT2D eigenvalue weighted by Crippen LogP contribution is -2.15. The fourth-order valence-electron chi connectivity index (χ4n) is 0.862. The average Bonchev–Trinajstić information content (AvgIpc) is 2.36. The maximum absolute atomic E-state index is 10.1. The molecule has 60 valence electrons. The van der Waals surface area contributed by atoms with Crippen molar-refractivity contribution < 1.29 is 4.79 Å². The van der Waals surface area contributed by atoms with Crippen LogP contribution in [0.15, 0.2) is 12.4 Å². The molecular formula is C7H11N3O. The lowest BCUT2D eigenvalue weighted by atomic mass is 10.2. The smallest absolute Gasteiger partial charge is 0.207 e. The number of nitrogens with zero attached hydrogens (tertiary/aromatic N) is 2. The Kier molecular flexibility index (Phi) is 2.25. The van der Waals surface area contributed by atoms with Crippen LogP contribution in [-0.2, 0) is 11.8 Å². The molecule has 0 aliphatic rings. The molecule has 4 nitrogen and oxygen atoms in total. The van der Waals surface area contributed by atoms with E-state index in [1.165, 1.54) is 0 Å². The van der Waals surface area contributed by atoms with E-state index in [0.717, 1.165) is 5.56 Å². The summed E-state index contributed by atoms with van der Waals surface area (Å²) in [5.74, 6) is 0. The summed E-state index contributed by atoms with van der Waals surface area (Å²) < 4.78 is 1.71. The zero-order valence-electron chi connectivity index (χ0n) is 6.61. The van der Waals surface area contributed by atoms with Crippen LogP contribution in [0.3, 0.4) is 0 Å². The van der Waals surface area contributed by atoms with Gasteiger partial charge in [-0.3, -0.25) is 9.48 Å². The van der Waals surface area contributed by atoms with Crippen LogP contribution in [0.2, 0.25) is 0 Å². The van der Waals surface area contributed by atoms with Crippen LogP contribution in [-0.4, -0.2) is 16.2 Å². The molecule has 1 unspecified atom stereocenters. The van der Waals surface area contributed by atoms with Crippen molar-refractivity contribution in [3.63, 3.8) is 0 Å². The van der Waals surface area contributed by atoms with E-state index in [2.05, 4.69) is 10.4 Å². The van der Waals surface area contributed by atoms with Gasteiger partial charge in [0.25, 0.3) is 0 Å². The molecule has 0 aliphatic carbocycles. The second kappa shape index (κ2) is 3.18. The summed E-state index contributed by atoms with van der Waals surface area (Å²) in [6.07, 6.45) is 4.31. The molecule has 11 heavy (non-hydrogen) atoms. The third-order valence-electron chi connectivity index (χ3n) is 1.54. The Hall–Kier alpha value is -1.32. The first-order valence-electron chi connectivity index (χ1n) is 3.42. The number of amides is 1. The maximum Gasteiger partial charge on any atom is 0.207 e. The molecule has 0 saturated heterocycles. The molecule has 1 rings (SSSR count). The van der Waals surface area contributed by atoms with E-state index in [-0.39, 0.29) is 6.04 Å². The molecule has 1 N–H and O–H groups in total. The number of aryl methyl sites for hydroxylation is 1. The molecule has 0 spiro atoms. The second-order valence-electron chi connectivity index (χ2n) is 2.45. The molecule has 0 radical (unpaired) electrons. The molecule has 0 aromatic carbocycles. The third kappa shape index (κ3) is 1.80. The molecule has 1 heterocycles. The van der Waals surface area contributed by atoms with E-state index in [0.29, 0.717) is 6.41 Å². The minimum Gasteiger partial charge on any atom is -0.352 e. The molecule has 1 amide bonds. The highest BCUT2D eigenvalue weighted by molar-refractivity contribution is 5.47. The van der Waals surface area contributed by atoms with Crippen molar-refractivity contribution >= 4 is 6.41 Å². The van der Waals surface area contributed by atoms with Gasteiger partial charge in [0.15, 0.2) is 0 Å². The van der Waals surface area contributed by atoms with Crippen molar-refractivity contribution in [3.8, 4) is 0 Å². The highest BCUT2D eigenvalue weighted by atomic mass is 16.1. The van der Waals surface area contributed by atoms with Crippen molar-refractivity contribution in [1.29, 1.82) is 0 Å². The molecule has 0 bridgehead atoms. The molecular weight excluding hydrogens is 142 g/mol. The number of carbonyl (C=O) groups excluding carboxylic acids is 1. The summed E-state index contributed by atoms with van der Waals surface area (Å²) in [5.41, 5.74) is 1.01. The SMILES string of the molecule is CC(NC=O)c1cnn(C)c1. The van der Waals surface area contributed by atoms with Gasteiger partial charge < -0.3 is 5.32 Å². The highest BCUT2D eigenvalue weighted by Gasteiger charge is 2.04. The van der Waals surface area contributed by atoms with Crippen molar-refractivity contribution in [2.75, 3.05) is 0 Å². The molecule has 1 aromatic heterocycles. The first-order chi connectivity index (χ1) is 5.24. The number of rotatable bonds is 3. The van der Waals surface area contributed by atoms with Gasteiger partial charge in [-0.2, -0.15) is 5.10 Å². The largest absolute Gasteiger partial charge is 0.352 e. The van der Waals surface area contributed by atoms with E-state index < -0.39 is 0 Å². The van der Waals surface area contributed by atoms with E-state index in [9.17, 15) is 4.79 Å². The van der Waals surface area contributed by atoms with Crippen LogP contribution in [0.4, 0.5) is 0 Å². The fraction of sp³-hybridized carbons (Fsp3) is 0.429. The first kappa shape index (κ1) is 7.78. The minimum absolute atomic E-state index is 0.0428. The van der Waals surface area contributed by atoms with Crippen molar-refractivity contribution in [2.24, 2.45) is 7.05 Å². The van der Waals surface area contributed by atoms with E-state index >= 15 is 0 Å². The maximum atomic E-state index is 10.1. The number of carbonyl (C=O) groups is 1. The van der Waals surface area contributed by atoms with Crippen LogP contribution in [0.25, 0.3) is 0 Å². The molecule has 0 fully saturated rings. The Morgan fingerprint density at radius 2 is 2.55 bits per heavy atom. The summed E-state index contributed by atoms with van der Waals surface area (Å²) in [5, 5.41) is 6.62. The topological polar surface area (TPSA) is 46.9 Å². The van der Waals surface area contributed by atoms with Crippen LogP contribution in [0, 0.1) is 0 Å². The van der Waals surface area contributed by atoms with E-state index in [4.69, 9.17) is 0 Å². The number of hydrogen-bond donors (Lipinski definition) is 1. The van der Waals surface area contributed by atoms with Gasteiger partial charge in [-0.25, -0.2) is 0 Å². The van der Waals surface area contributed by atoms with Crippen LogP contribution in [0.5, 0.6) is 0 Å². The lowest BCUT2D eigenvalue weighted by molar-refractivity contribution is -0.110. The van der Waals surface area contributed by atoms with Gasteiger partial charge in [0.2, 0.25) is 6.41 Å². The Morgan fingerprint density at radius 3 is 3.00 bits per heavy atom. The normalized spacial score (nSPS) is 12.5. The lowest BCUT2D eigenvalue weighted by Gasteiger charge is -2.05. The number of aromatic nitrogens is 2. The van der Waals surface area contributed by atoms with Crippen LogP contribution >= 0.6 is 0 Å². The minimum atomic E-state index is 0.0428. The van der Waals surface area contributed by atoms with Gasteiger partial charge in [0.05, 0.1) is 12.2 Å². The number of hydrogen-bond acceptors (Lipinski definition) is 2. The zero-order valence-corrected chi connectivity index (χ0v) is 6.61. The first-order valence-corrected chi connectivity index (χ1v) is 3.42. The molecule has 0 aliphatic heterocycles. The van der Waals surface area contributed by atoms with Gasteiger partial charge in [0, 0.05) is 18.8 Å². The summed E-state index contributed by atoms with van der Waals surface area (Å²) >= 11 is 0. The Morgan fingerprint density at radius 1 is 1.82 bits per heavy atom. The summed E-state index contributed by atoms with van der Waals surface area (Å²) in [6.45, 7) is 1.91. The van der Waals surface area contributed by atoms with Gasteiger partial charge >= 0.3 is 0 Å². The highest BCUT2D eigenvalue weighted by Crippen LogP contribution is 2.08. The summed E-state index contributed by atoms with van der Waals surface area (Å²) in [4.78, 5) is 10.1. The molecule has 1 atom stereocenters. The number of nitrogens with one attached hydrogen (secondary N) is 1. The van der Waals surface area contributed by atoms with Crippen molar-refractivity contribution in [3.05, 3.63) is 18.0 Å². The zero-order chi connectivity index (χ0) is 8.27. The molecule has 0 saturated carbocycles. The summed E-state index contributed by atoms with van der Waals surface area (Å²) in [6, 6.07) is 0.0428. The second-order valence-corrected chi connectivity index (χ2v) is 2.45. The Balaban J connectivity index is 2.67. The van der Waals surface area contributed by atoms with Crippen molar-refractivity contribution in [2.45, 2.75) is 13.0 Å². The predicted molar refractivity (Wildman–Crippen MR) is 40.8 cm³/mol. The van der Waals surface area contributed by atoms with Crippen LogP contribution in [0.1, 0.15) is 18.5 Å². The van der Waals surface area contributed by atoms with E-state index in [1.54, 1.807) is 10.9 Å². The van der Waals surface area contributed by atoms with Gasteiger partial charge in [-0.05, 0) is 6.92 Å². The van der Waals surface area contributed by atoms with Gasteiger partial charge in [-0.1, -0.05) is 0 Å². The van der Waals surface area contributed by atoms with Gasteiger partial charge in [0.1, 0.15) is 0 Å². The average molecular weight is 153 g/mol. The third-order valence-corrected chi connectivity index (χ3v) is 1.54. The quantitative estimate of drug-likeness (QED) is 0.632. The Labute approximate surface area is 65.2 Å². The molecule has 1 aromatic rings. The van der Waals surface area contributed by atoms with Crippen LogP contribution < -0.4 is 5.32 Å². The molecule has 4 heteroatoms. The fourth-order valence-corrected chi connectivity index (χ4v) is 0.862. The monoisotopic (exact) mass is 153 g/mol. The standard InChI is InChI=1S/C7H11N3O/c1-6(8-5-11)7-3-9-10(2)4-7/h3-6H,1-2H3,(H,8,11).